The van der Waals surface area contributed by atoms with E-state index < -0.39 is 0 Å². The average Bonchev–Trinajstić information content (AvgIpc) is 2.79. The largest absolute Gasteiger partial charge is 0.123 e. The molecule has 18 heavy (non-hydrogen) atoms. The molecule has 0 aromatic rings. The quantitative estimate of drug-likeness (QED) is 0.550. The highest BCUT2D eigenvalue weighted by atomic mass is 35.5. The summed E-state index contributed by atoms with van der Waals surface area (Å²) in [6.45, 7) is 7.21. The van der Waals surface area contributed by atoms with Crippen molar-refractivity contribution in [2.24, 2.45) is 23.2 Å². The monoisotopic (exact) mass is 270 g/mol. The highest BCUT2D eigenvalue weighted by Crippen LogP contribution is 2.44. The first-order valence-corrected chi connectivity index (χ1v) is 8.54. The minimum absolute atomic E-state index is 0.463. The van der Waals surface area contributed by atoms with E-state index in [-0.39, 0.29) is 0 Å². The lowest BCUT2D eigenvalue weighted by Gasteiger charge is -2.40. The lowest BCUT2D eigenvalue weighted by atomic mass is 9.68. The highest BCUT2D eigenvalue weighted by molar-refractivity contribution is 6.20. The molecular formula is C17H31Cl. The van der Waals surface area contributed by atoms with Crippen LogP contribution in [0.5, 0.6) is 0 Å². The van der Waals surface area contributed by atoms with Gasteiger partial charge in [-0.05, 0) is 48.9 Å². The van der Waals surface area contributed by atoms with E-state index in [0.29, 0.717) is 10.8 Å². The second-order valence-corrected chi connectivity index (χ2v) is 8.44. The van der Waals surface area contributed by atoms with Gasteiger partial charge in [0.2, 0.25) is 0 Å². The van der Waals surface area contributed by atoms with Crippen molar-refractivity contribution in [2.75, 3.05) is 0 Å². The van der Waals surface area contributed by atoms with Crippen LogP contribution in [0.1, 0.15) is 78.6 Å². The van der Waals surface area contributed by atoms with Crippen molar-refractivity contribution in [1.29, 1.82) is 0 Å². The zero-order chi connectivity index (χ0) is 13.2. The molecule has 0 N–H and O–H groups in total. The summed E-state index contributed by atoms with van der Waals surface area (Å²) in [6.07, 6.45) is 12.7. The smallest absolute Gasteiger partial charge is 0.0364 e. The van der Waals surface area contributed by atoms with Crippen molar-refractivity contribution in [3.63, 3.8) is 0 Å². The summed E-state index contributed by atoms with van der Waals surface area (Å²) in [5.74, 6) is 2.72. The highest BCUT2D eigenvalue weighted by Gasteiger charge is 2.35. The van der Waals surface area contributed by atoms with E-state index in [1.807, 2.05) is 0 Å². The topological polar surface area (TPSA) is 0 Å². The molecule has 2 rings (SSSR count). The summed E-state index contributed by atoms with van der Waals surface area (Å²) in [5, 5.41) is 0.463. The molecule has 2 fully saturated rings. The molecule has 0 nitrogen and oxygen atoms in total. The van der Waals surface area contributed by atoms with Crippen molar-refractivity contribution in [3.8, 4) is 0 Å². The Bertz CT molecular complexity index is 247. The summed E-state index contributed by atoms with van der Waals surface area (Å²) in [4.78, 5) is 0. The lowest BCUT2D eigenvalue weighted by Crippen LogP contribution is -2.32. The van der Waals surface area contributed by atoms with Crippen LogP contribution >= 0.6 is 11.6 Å². The second-order valence-electron chi connectivity index (χ2n) is 7.88. The molecule has 0 aromatic heterocycles. The van der Waals surface area contributed by atoms with Crippen LogP contribution in [0, 0.1) is 23.2 Å². The fraction of sp³-hybridized carbons (Fsp3) is 1.00. The van der Waals surface area contributed by atoms with E-state index in [4.69, 9.17) is 11.6 Å². The maximum Gasteiger partial charge on any atom is 0.0364 e. The van der Waals surface area contributed by atoms with Gasteiger partial charge in [-0.1, -0.05) is 52.9 Å². The van der Waals surface area contributed by atoms with Crippen molar-refractivity contribution in [3.05, 3.63) is 0 Å². The molecule has 0 aromatic carbocycles. The fourth-order valence-electron chi connectivity index (χ4n) is 4.06. The minimum atomic E-state index is 0.463. The molecule has 0 amide bonds. The number of halogens is 1. The molecule has 3 atom stereocenters. The van der Waals surface area contributed by atoms with E-state index in [2.05, 4.69) is 20.8 Å². The van der Waals surface area contributed by atoms with Gasteiger partial charge in [0.25, 0.3) is 0 Å². The third kappa shape index (κ3) is 3.89. The zero-order valence-corrected chi connectivity index (χ0v) is 13.3. The van der Waals surface area contributed by atoms with Crippen molar-refractivity contribution < 1.29 is 0 Å². The Kier molecular flexibility index (Phi) is 5.03. The molecule has 2 saturated carbocycles. The first-order chi connectivity index (χ1) is 8.47. The summed E-state index contributed by atoms with van der Waals surface area (Å²) in [6, 6.07) is 0. The number of rotatable bonds is 3. The van der Waals surface area contributed by atoms with Gasteiger partial charge in [0.05, 0.1) is 0 Å². The van der Waals surface area contributed by atoms with Crippen molar-refractivity contribution in [1.82, 2.24) is 0 Å². The maximum atomic E-state index is 6.58. The van der Waals surface area contributed by atoms with Gasteiger partial charge in [-0.15, -0.1) is 11.6 Å². The Balaban J connectivity index is 1.81. The van der Waals surface area contributed by atoms with E-state index >= 15 is 0 Å². The standard InChI is InChI=1S/C17H31Cl/c1-17(2,3)15-10-11-16(18)14(12-15)9-8-13-6-4-5-7-13/h13-16H,4-12H2,1-3H3. The van der Waals surface area contributed by atoms with E-state index in [9.17, 15) is 0 Å². The molecule has 3 unspecified atom stereocenters. The Morgan fingerprint density at radius 1 is 0.944 bits per heavy atom. The summed E-state index contributed by atoms with van der Waals surface area (Å²) >= 11 is 6.58. The lowest BCUT2D eigenvalue weighted by molar-refractivity contribution is 0.136. The molecule has 0 saturated heterocycles. The van der Waals surface area contributed by atoms with Gasteiger partial charge in [-0.25, -0.2) is 0 Å². The first kappa shape index (κ1) is 14.7. The summed E-state index contributed by atoms with van der Waals surface area (Å²) in [7, 11) is 0. The molecule has 0 heterocycles. The van der Waals surface area contributed by atoms with Crippen LogP contribution < -0.4 is 0 Å². The van der Waals surface area contributed by atoms with Crippen LogP contribution in [0.4, 0.5) is 0 Å². The van der Waals surface area contributed by atoms with Crippen LogP contribution in [0.15, 0.2) is 0 Å². The molecule has 2 aliphatic carbocycles. The van der Waals surface area contributed by atoms with Crippen LogP contribution in [-0.4, -0.2) is 5.38 Å². The van der Waals surface area contributed by atoms with E-state index in [1.54, 1.807) is 0 Å². The third-order valence-electron chi connectivity index (χ3n) is 5.53. The first-order valence-electron chi connectivity index (χ1n) is 8.11. The van der Waals surface area contributed by atoms with Crippen LogP contribution in [0.2, 0.25) is 0 Å². The predicted octanol–water partition coefficient (Wildman–Crippen LogP) is 6.03. The summed E-state index contributed by atoms with van der Waals surface area (Å²) < 4.78 is 0. The zero-order valence-electron chi connectivity index (χ0n) is 12.6. The third-order valence-corrected chi connectivity index (χ3v) is 6.11. The normalized spacial score (nSPS) is 35.0. The molecule has 2 aliphatic rings. The number of hydrogen-bond acceptors (Lipinski definition) is 0. The fourth-order valence-corrected chi connectivity index (χ4v) is 4.42. The average molecular weight is 271 g/mol. The minimum Gasteiger partial charge on any atom is -0.123 e. The van der Waals surface area contributed by atoms with Gasteiger partial charge in [-0.2, -0.15) is 0 Å². The van der Waals surface area contributed by atoms with Gasteiger partial charge in [0.15, 0.2) is 0 Å². The molecule has 0 aliphatic heterocycles. The van der Waals surface area contributed by atoms with Gasteiger partial charge >= 0.3 is 0 Å². The van der Waals surface area contributed by atoms with Crippen LogP contribution in [0.3, 0.4) is 0 Å². The molecule has 0 radical (unpaired) electrons. The van der Waals surface area contributed by atoms with E-state index in [1.165, 1.54) is 57.8 Å². The predicted molar refractivity (Wildman–Crippen MR) is 81.1 cm³/mol. The molecule has 0 spiro atoms. The van der Waals surface area contributed by atoms with Gasteiger partial charge in [0.1, 0.15) is 0 Å². The van der Waals surface area contributed by atoms with Gasteiger partial charge in [0, 0.05) is 5.38 Å². The van der Waals surface area contributed by atoms with Crippen molar-refractivity contribution in [2.45, 2.75) is 83.9 Å². The van der Waals surface area contributed by atoms with Crippen molar-refractivity contribution >= 4 is 11.6 Å². The van der Waals surface area contributed by atoms with E-state index in [0.717, 1.165) is 17.8 Å². The van der Waals surface area contributed by atoms with Crippen LogP contribution in [0.25, 0.3) is 0 Å². The Morgan fingerprint density at radius 3 is 2.22 bits per heavy atom. The molecule has 0 bridgehead atoms. The SMILES string of the molecule is CC(C)(C)C1CCC(Cl)C(CCC2CCCC2)C1. The number of alkyl halides is 1. The Morgan fingerprint density at radius 2 is 1.61 bits per heavy atom. The Labute approximate surface area is 119 Å². The van der Waals surface area contributed by atoms with Crippen LogP contribution in [-0.2, 0) is 0 Å². The molecule has 106 valence electrons. The van der Waals surface area contributed by atoms with Gasteiger partial charge in [-0.3, -0.25) is 0 Å². The molecule has 1 heteroatoms. The second kappa shape index (κ2) is 6.16. The summed E-state index contributed by atoms with van der Waals surface area (Å²) in [5.41, 5.74) is 0.475. The van der Waals surface area contributed by atoms with Gasteiger partial charge < -0.3 is 0 Å². The number of hydrogen-bond donors (Lipinski definition) is 0. The molecular weight excluding hydrogens is 240 g/mol. The maximum absolute atomic E-state index is 6.58. The Hall–Kier alpha value is 0.290.